The van der Waals surface area contributed by atoms with E-state index in [2.05, 4.69) is 51.9 Å². The fourth-order valence-corrected chi connectivity index (χ4v) is 4.68. The molecule has 2 fully saturated rings. The largest absolute Gasteiger partial charge is 0.329 e. The number of likely N-dealkylation sites (tertiary alicyclic amines) is 1. The molecule has 2 aliphatic rings. The second-order valence-corrected chi connectivity index (χ2v) is 7.55. The van der Waals surface area contributed by atoms with E-state index in [0.717, 1.165) is 19.6 Å². The van der Waals surface area contributed by atoms with Crippen LogP contribution < -0.4 is 5.73 Å². The highest BCUT2D eigenvalue weighted by atomic mass is 32.2. The van der Waals surface area contributed by atoms with Crippen LogP contribution in [0, 0.1) is 0 Å². The van der Waals surface area contributed by atoms with Gasteiger partial charge in [0.25, 0.3) is 0 Å². The van der Waals surface area contributed by atoms with Crippen LogP contribution in [0.2, 0.25) is 0 Å². The third-order valence-electron chi connectivity index (χ3n) is 4.95. The molecule has 21 heavy (non-hydrogen) atoms. The van der Waals surface area contributed by atoms with Gasteiger partial charge in [-0.15, -0.1) is 0 Å². The van der Waals surface area contributed by atoms with Gasteiger partial charge in [-0.2, -0.15) is 11.8 Å². The number of nitrogens with zero attached hydrogens (tertiary/aromatic N) is 2. The molecule has 2 N–H and O–H groups in total. The predicted molar refractivity (Wildman–Crippen MR) is 91.6 cm³/mol. The average molecular weight is 305 g/mol. The summed E-state index contributed by atoms with van der Waals surface area (Å²) in [6.07, 6.45) is 2.53. The number of benzene rings is 1. The van der Waals surface area contributed by atoms with Crippen LogP contribution in [0.25, 0.3) is 0 Å². The number of hydrogen-bond donors (Lipinski definition) is 1. The summed E-state index contributed by atoms with van der Waals surface area (Å²) >= 11 is 2.08. The van der Waals surface area contributed by atoms with Gasteiger partial charge in [0, 0.05) is 49.8 Å². The number of rotatable bonds is 4. The molecule has 116 valence electrons. The Morgan fingerprint density at radius 1 is 1.10 bits per heavy atom. The lowest BCUT2D eigenvalue weighted by atomic mass is 9.86. The van der Waals surface area contributed by atoms with Crippen LogP contribution in [0.3, 0.4) is 0 Å². The second-order valence-electron chi connectivity index (χ2n) is 6.33. The normalized spacial score (nSPS) is 28.6. The molecule has 1 aromatic carbocycles. The van der Waals surface area contributed by atoms with Crippen molar-refractivity contribution in [2.45, 2.75) is 24.9 Å². The molecule has 0 aliphatic carbocycles. The van der Waals surface area contributed by atoms with Crippen molar-refractivity contribution in [1.29, 1.82) is 0 Å². The lowest BCUT2D eigenvalue weighted by Gasteiger charge is -2.50. The molecule has 0 aromatic heterocycles. The van der Waals surface area contributed by atoms with E-state index in [0.29, 0.717) is 0 Å². The molecule has 1 aromatic rings. The van der Waals surface area contributed by atoms with Crippen LogP contribution in [0.1, 0.15) is 18.4 Å². The SMILES string of the molecule is NCC1(N2CCSCC2)CCCN(Cc2ccccc2)C1. The Hall–Kier alpha value is -0.550. The molecule has 3 rings (SSSR count). The molecular weight excluding hydrogens is 278 g/mol. The number of piperidine rings is 1. The van der Waals surface area contributed by atoms with Gasteiger partial charge in [0.15, 0.2) is 0 Å². The fraction of sp³-hybridized carbons (Fsp3) is 0.647. The van der Waals surface area contributed by atoms with Crippen molar-refractivity contribution in [3.8, 4) is 0 Å². The van der Waals surface area contributed by atoms with Crippen molar-refractivity contribution < 1.29 is 0 Å². The summed E-state index contributed by atoms with van der Waals surface area (Å²) in [5.74, 6) is 2.53. The molecule has 2 heterocycles. The lowest BCUT2D eigenvalue weighted by Crippen LogP contribution is -2.63. The van der Waals surface area contributed by atoms with Crippen molar-refractivity contribution in [3.05, 3.63) is 35.9 Å². The zero-order valence-corrected chi connectivity index (χ0v) is 13.7. The Morgan fingerprint density at radius 2 is 1.86 bits per heavy atom. The van der Waals surface area contributed by atoms with E-state index in [1.807, 2.05) is 0 Å². The molecule has 1 unspecified atom stereocenters. The summed E-state index contributed by atoms with van der Waals surface area (Å²) in [6, 6.07) is 10.8. The Morgan fingerprint density at radius 3 is 2.57 bits per heavy atom. The molecule has 0 saturated carbocycles. The third kappa shape index (κ3) is 3.62. The van der Waals surface area contributed by atoms with E-state index in [1.165, 1.54) is 49.5 Å². The van der Waals surface area contributed by atoms with E-state index in [-0.39, 0.29) is 5.54 Å². The summed E-state index contributed by atoms with van der Waals surface area (Å²) in [5, 5.41) is 0. The van der Waals surface area contributed by atoms with Crippen molar-refractivity contribution >= 4 is 11.8 Å². The quantitative estimate of drug-likeness (QED) is 0.922. The first-order valence-electron chi connectivity index (χ1n) is 8.12. The molecule has 0 radical (unpaired) electrons. The first-order valence-corrected chi connectivity index (χ1v) is 9.27. The smallest absolute Gasteiger partial charge is 0.0459 e. The summed E-state index contributed by atoms with van der Waals surface area (Å²) in [7, 11) is 0. The Kier molecular flexibility index (Phi) is 5.22. The van der Waals surface area contributed by atoms with Gasteiger partial charge in [-0.05, 0) is 24.9 Å². The maximum Gasteiger partial charge on any atom is 0.0459 e. The maximum absolute atomic E-state index is 6.25. The van der Waals surface area contributed by atoms with Gasteiger partial charge in [-0.25, -0.2) is 0 Å². The molecule has 4 heteroatoms. The van der Waals surface area contributed by atoms with Crippen LogP contribution >= 0.6 is 11.8 Å². The van der Waals surface area contributed by atoms with E-state index in [4.69, 9.17) is 5.73 Å². The van der Waals surface area contributed by atoms with Gasteiger partial charge in [0.05, 0.1) is 0 Å². The summed E-state index contributed by atoms with van der Waals surface area (Å²) < 4.78 is 0. The number of nitrogens with two attached hydrogens (primary N) is 1. The maximum atomic E-state index is 6.25. The van der Waals surface area contributed by atoms with Crippen molar-refractivity contribution in [3.63, 3.8) is 0 Å². The molecule has 3 nitrogen and oxygen atoms in total. The minimum Gasteiger partial charge on any atom is -0.329 e. The van der Waals surface area contributed by atoms with Gasteiger partial charge in [0.2, 0.25) is 0 Å². The number of thioether (sulfide) groups is 1. The van der Waals surface area contributed by atoms with Crippen LogP contribution in [0.15, 0.2) is 30.3 Å². The Bertz CT molecular complexity index is 433. The van der Waals surface area contributed by atoms with Crippen LogP contribution in [-0.2, 0) is 6.54 Å². The van der Waals surface area contributed by atoms with Crippen LogP contribution in [0.4, 0.5) is 0 Å². The highest BCUT2D eigenvalue weighted by Gasteiger charge is 2.39. The van der Waals surface area contributed by atoms with Gasteiger partial charge in [0.1, 0.15) is 0 Å². The lowest BCUT2D eigenvalue weighted by molar-refractivity contribution is 0.0197. The van der Waals surface area contributed by atoms with Crippen molar-refractivity contribution in [2.75, 3.05) is 44.2 Å². The van der Waals surface area contributed by atoms with Crippen molar-refractivity contribution in [2.24, 2.45) is 5.73 Å². The summed E-state index contributed by atoms with van der Waals surface area (Å²) in [5.41, 5.74) is 7.88. The monoisotopic (exact) mass is 305 g/mol. The summed E-state index contributed by atoms with van der Waals surface area (Å²) in [4.78, 5) is 5.29. The summed E-state index contributed by atoms with van der Waals surface area (Å²) in [6.45, 7) is 6.61. The van der Waals surface area contributed by atoms with Crippen LogP contribution in [0.5, 0.6) is 0 Å². The van der Waals surface area contributed by atoms with E-state index in [1.54, 1.807) is 0 Å². The minimum atomic E-state index is 0.216. The Labute approximate surface area is 132 Å². The van der Waals surface area contributed by atoms with Gasteiger partial charge >= 0.3 is 0 Å². The fourth-order valence-electron chi connectivity index (χ4n) is 3.77. The van der Waals surface area contributed by atoms with Crippen LogP contribution in [-0.4, -0.2) is 59.6 Å². The average Bonchev–Trinajstić information content (AvgIpc) is 2.57. The number of hydrogen-bond acceptors (Lipinski definition) is 4. The molecule has 1 atom stereocenters. The standard InChI is InChI=1S/C17H27N3S/c18-14-17(20-9-11-21-12-10-20)7-4-8-19(15-17)13-16-5-2-1-3-6-16/h1-3,5-6H,4,7-15,18H2. The zero-order valence-electron chi connectivity index (χ0n) is 12.8. The van der Waals surface area contributed by atoms with Crippen molar-refractivity contribution in [1.82, 2.24) is 9.80 Å². The van der Waals surface area contributed by atoms with Gasteiger partial charge < -0.3 is 5.73 Å². The zero-order chi connectivity index (χ0) is 14.5. The van der Waals surface area contributed by atoms with E-state index >= 15 is 0 Å². The highest BCUT2D eigenvalue weighted by Crippen LogP contribution is 2.30. The molecule has 0 amide bonds. The van der Waals surface area contributed by atoms with Gasteiger partial charge in [-0.1, -0.05) is 30.3 Å². The molecule has 0 spiro atoms. The molecule has 2 saturated heterocycles. The van der Waals surface area contributed by atoms with Gasteiger partial charge in [-0.3, -0.25) is 9.80 Å². The molecule has 2 aliphatic heterocycles. The van der Waals surface area contributed by atoms with E-state index in [9.17, 15) is 0 Å². The Balaban J connectivity index is 1.68. The highest BCUT2D eigenvalue weighted by molar-refractivity contribution is 7.99. The first kappa shape index (κ1) is 15.3. The predicted octanol–water partition coefficient (Wildman–Crippen LogP) is 2.03. The molecular formula is C17H27N3S. The minimum absolute atomic E-state index is 0.216. The third-order valence-corrected chi connectivity index (χ3v) is 5.89. The first-order chi connectivity index (χ1) is 10.3. The molecule has 0 bridgehead atoms. The van der Waals surface area contributed by atoms with E-state index < -0.39 is 0 Å². The second kappa shape index (κ2) is 7.14. The topological polar surface area (TPSA) is 32.5 Å².